The van der Waals surface area contributed by atoms with Crippen LogP contribution in [0.1, 0.15) is 134 Å². The molecule has 0 saturated carbocycles. The predicted octanol–water partition coefficient (Wildman–Crippen LogP) is 6.43. The minimum atomic E-state index is -1.37. The van der Waals surface area contributed by atoms with Gasteiger partial charge in [-0.05, 0) is 95.1 Å². The first-order chi connectivity index (χ1) is 25.2. The third-order valence-electron chi connectivity index (χ3n) is 14.8. The van der Waals surface area contributed by atoms with E-state index in [2.05, 4.69) is 20.8 Å². The van der Waals surface area contributed by atoms with Crippen LogP contribution in [0.5, 0.6) is 0 Å². The standard InChI is InChI=1S/C43H72O11/c1-12-30(35(46)27(8)34(45)28(9)36-23(4)21-24(5)37(51-36)31(13-2)39(47)48)38-25(6)22-26(7)42(52-38)18-15-32(44)43(54-42)20-19-40(11,53-43)33-16-17-41(49,14-3)29(10)50-33/h15,18,23-34,36-38,44-45,49H,12-14,16-17,19-22H2,1-11H3,(H,47,48)/t23-,24+,25-,26-,27-,28-,29-,30+,31+,32-,33+,34-,36+,37-,38+,40+,41-,42-,43+/m1/s1. The number of aliphatic hydroxyl groups excluding tert-OH is 2. The van der Waals surface area contributed by atoms with Crippen molar-refractivity contribution in [1.29, 1.82) is 0 Å². The average Bonchev–Trinajstić information content (AvgIpc) is 3.47. The van der Waals surface area contributed by atoms with Crippen molar-refractivity contribution in [2.75, 3.05) is 0 Å². The highest BCUT2D eigenvalue weighted by molar-refractivity contribution is 5.84. The van der Waals surface area contributed by atoms with Gasteiger partial charge in [0.05, 0.1) is 53.7 Å². The Labute approximate surface area is 323 Å². The fourth-order valence-corrected chi connectivity index (χ4v) is 10.9. The Kier molecular flexibility index (Phi) is 13.3. The Morgan fingerprint density at radius 2 is 1.48 bits per heavy atom. The van der Waals surface area contributed by atoms with Crippen LogP contribution >= 0.6 is 0 Å². The highest BCUT2D eigenvalue weighted by Crippen LogP contribution is 2.54. The minimum Gasteiger partial charge on any atom is -0.481 e. The summed E-state index contributed by atoms with van der Waals surface area (Å²) in [6.07, 6.45) is 4.75. The maximum Gasteiger partial charge on any atom is 0.309 e. The van der Waals surface area contributed by atoms with Crippen molar-refractivity contribution in [2.45, 2.75) is 199 Å². The predicted molar refractivity (Wildman–Crippen MR) is 203 cm³/mol. The van der Waals surface area contributed by atoms with Crippen LogP contribution in [-0.2, 0) is 33.3 Å². The van der Waals surface area contributed by atoms with Crippen LogP contribution in [0.15, 0.2) is 12.2 Å². The van der Waals surface area contributed by atoms with Crippen LogP contribution in [0.2, 0.25) is 0 Å². The molecule has 4 saturated heterocycles. The molecule has 5 rings (SSSR count). The van der Waals surface area contributed by atoms with Crippen LogP contribution in [-0.4, -0.2) is 97.7 Å². The smallest absolute Gasteiger partial charge is 0.309 e. The molecule has 0 aromatic heterocycles. The van der Waals surface area contributed by atoms with E-state index in [1.807, 2.05) is 48.5 Å². The van der Waals surface area contributed by atoms with Crippen molar-refractivity contribution in [3.05, 3.63) is 12.2 Å². The number of aliphatic carboxylic acids is 1. The Morgan fingerprint density at radius 3 is 2.07 bits per heavy atom. The first kappa shape index (κ1) is 43.7. The molecule has 0 aromatic rings. The van der Waals surface area contributed by atoms with Crippen LogP contribution in [0.4, 0.5) is 0 Å². The molecule has 11 heteroatoms. The first-order valence-electron chi connectivity index (χ1n) is 21.1. The van der Waals surface area contributed by atoms with E-state index in [0.717, 1.165) is 6.42 Å². The summed E-state index contributed by atoms with van der Waals surface area (Å²) in [5, 5.41) is 44.2. The van der Waals surface area contributed by atoms with E-state index in [1.54, 1.807) is 19.1 Å². The van der Waals surface area contributed by atoms with Gasteiger partial charge in [-0.15, -0.1) is 0 Å². The monoisotopic (exact) mass is 765 g/mol. The van der Waals surface area contributed by atoms with Gasteiger partial charge in [-0.2, -0.15) is 0 Å². The zero-order chi connectivity index (χ0) is 40.1. The maximum atomic E-state index is 14.5. The number of carbonyl (C=O) groups excluding carboxylic acids is 1. The largest absolute Gasteiger partial charge is 0.481 e. The lowest BCUT2D eigenvalue weighted by atomic mass is 9.72. The average molecular weight is 765 g/mol. The summed E-state index contributed by atoms with van der Waals surface area (Å²) in [6, 6.07) is 0. The van der Waals surface area contributed by atoms with Crippen molar-refractivity contribution in [3.63, 3.8) is 0 Å². The molecule has 4 N–H and O–H groups in total. The summed E-state index contributed by atoms with van der Waals surface area (Å²) in [7, 11) is 0. The third-order valence-corrected chi connectivity index (χ3v) is 14.8. The molecule has 4 fully saturated rings. The normalized spacial score (nSPS) is 46.9. The number of hydrogen-bond acceptors (Lipinski definition) is 10. The third kappa shape index (κ3) is 7.88. The topological polar surface area (TPSA) is 161 Å². The maximum absolute atomic E-state index is 14.5. The first-order valence-corrected chi connectivity index (χ1v) is 21.1. The number of aliphatic hydroxyl groups is 3. The molecule has 0 bridgehead atoms. The fraction of sp³-hybridized carbons (Fsp3) is 0.907. The van der Waals surface area contributed by atoms with Gasteiger partial charge >= 0.3 is 5.97 Å². The highest BCUT2D eigenvalue weighted by Gasteiger charge is 2.63. The zero-order valence-corrected chi connectivity index (χ0v) is 34.8. The fourth-order valence-electron chi connectivity index (χ4n) is 10.9. The molecule has 5 aliphatic heterocycles. The molecule has 0 aliphatic carbocycles. The van der Waals surface area contributed by atoms with E-state index in [9.17, 15) is 30.0 Å². The van der Waals surface area contributed by atoms with E-state index < -0.39 is 76.8 Å². The molecule has 54 heavy (non-hydrogen) atoms. The van der Waals surface area contributed by atoms with Gasteiger partial charge in [-0.25, -0.2) is 0 Å². The van der Waals surface area contributed by atoms with Gasteiger partial charge in [0.1, 0.15) is 11.9 Å². The Hall–Kier alpha value is -1.44. The SMILES string of the molecule is CC[C@H](C(=O)O)[C@@H]1O[C@H]([C@H](C)[C@H](O)[C@@H](C)C(=O)[C@H](CC)[C@H]2O[C@@]3(C=C[C@@H](O)[C@]4(CC[C@@](C)([C@@H]5CC[C@](O)(CC)[C@@H](C)O5)O4)O3)[C@H](C)C[C@H]2C)[C@H](C)C[C@@H]1C. The number of hydrogen-bond donors (Lipinski definition) is 4. The quantitative estimate of drug-likeness (QED) is 0.162. The number of carboxylic acids is 1. The van der Waals surface area contributed by atoms with E-state index in [1.165, 1.54) is 0 Å². The van der Waals surface area contributed by atoms with E-state index in [0.29, 0.717) is 51.4 Å². The summed E-state index contributed by atoms with van der Waals surface area (Å²) in [6.45, 7) is 21.7. The number of ether oxygens (including phenoxy) is 5. The summed E-state index contributed by atoms with van der Waals surface area (Å²) < 4.78 is 33.6. The van der Waals surface area contributed by atoms with E-state index in [4.69, 9.17) is 23.7 Å². The Bertz CT molecular complexity index is 1360. The molecule has 0 radical (unpaired) electrons. The number of carboxylic acid groups (broad SMARTS) is 1. The van der Waals surface area contributed by atoms with Gasteiger partial charge in [0.25, 0.3) is 0 Å². The highest BCUT2D eigenvalue weighted by atomic mass is 16.8. The summed E-state index contributed by atoms with van der Waals surface area (Å²) in [5.74, 6) is -5.80. The molecular formula is C43H72O11. The molecule has 310 valence electrons. The number of ketones is 1. The molecule has 5 aliphatic rings. The molecule has 5 heterocycles. The second-order valence-electron chi connectivity index (χ2n) is 18.5. The van der Waals surface area contributed by atoms with Gasteiger partial charge < -0.3 is 44.1 Å². The molecule has 2 spiro atoms. The lowest BCUT2D eigenvalue weighted by Gasteiger charge is -2.54. The Balaban J connectivity index is 1.32. The second kappa shape index (κ2) is 16.4. The molecule has 0 amide bonds. The lowest BCUT2D eigenvalue weighted by molar-refractivity contribution is -0.409. The molecule has 19 atom stereocenters. The van der Waals surface area contributed by atoms with Crippen LogP contribution in [0.3, 0.4) is 0 Å². The Morgan fingerprint density at radius 1 is 0.852 bits per heavy atom. The second-order valence-corrected chi connectivity index (χ2v) is 18.5. The van der Waals surface area contributed by atoms with E-state index in [-0.39, 0.29) is 47.8 Å². The summed E-state index contributed by atoms with van der Waals surface area (Å²) in [5.41, 5.74) is -1.63. The van der Waals surface area contributed by atoms with Crippen molar-refractivity contribution < 1.29 is 53.7 Å². The van der Waals surface area contributed by atoms with Crippen molar-refractivity contribution in [3.8, 4) is 0 Å². The number of Topliss-reactive ketones (excluding diaryl/α,β-unsaturated/α-hetero) is 1. The van der Waals surface area contributed by atoms with Crippen molar-refractivity contribution >= 4 is 11.8 Å². The van der Waals surface area contributed by atoms with Gasteiger partial charge in [-0.1, -0.05) is 62.3 Å². The van der Waals surface area contributed by atoms with Crippen LogP contribution < -0.4 is 0 Å². The summed E-state index contributed by atoms with van der Waals surface area (Å²) in [4.78, 5) is 26.6. The summed E-state index contributed by atoms with van der Waals surface area (Å²) >= 11 is 0. The van der Waals surface area contributed by atoms with Crippen molar-refractivity contribution in [1.82, 2.24) is 0 Å². The lowest BCUT2D eigenvalue weighted by Crippen LogP contribution is -2.63. The van der Waals surface area contributed by atoms with Gasteiger partial charge in [-0.3, -0.25) is 9.59 Å². The van der Waals surface area contributed by atoms with Crippen molar-refractivity contribution in [2.24, 2.45) is 47.3 Å². The minimum absolute atomic E-state index is 0.0104. The van der Waals surface area contributed by atoms with E-state index >= 15 is 0 Å². The zero-order valence-electron chi connectivity index (χ0n) is 34.8. The molecule has 0 aromatic carbocycles. The van der Waals surface area contributed by atoms with Crippen LogP contribution in [0, 0.1) is 47.3 Å². The molecule has 11 nitrogen and oxygen atoms in total. The van der Waals surface area contributed by atoms with Gasteiger partial charge in [0.2, 0.25) is 5.79 Å². The van der Waals surface area contributed by atoms with Crippen LogP contribution in [0.25, 0.3) is 0 Å². The van der Waals surface area contributed by atoms with Gasteiger partial charge in [0, 0.05) is 30.1 Å². The molecule has 0 unspecified atom stereocenters. The number of carbonyl (C=O) groups is 2. The number of rotatable bonds is 12. The van der Waals surface area contributed by atoms with Gasteiger partial charge in [0.15, 0.2) is 5.79 Å². The molecular weight excluding hydrogens is 692 g/mol.